The number of nitrogens with one attached hydrogen (secondary N) is 3. The quantitative estimate of drug-likeness (QED) is 0.371. The van der Waals surface area contributed by atoms with Crippen LogP contribution in [0.25, 0.3) is 11.3 Å². The van der Waals surface area contributed by atoms with Gasteiger partial charge in [-0.2, -0.15) is 5.26 Å². The average molecular weight is 478 g/mol. The van der Waals surface area contributed by atoms with Crippen molar-refractivity contribution in [2.24, 2.45) is 0 Å². The zero-order valence-electron chi connectivity index (χ0n) is 19.7. The lowest BCUT2D eigenvalue weighted by Gasteiger charge is -2.18. The molecule has 0 bridgehead atoms. The number of benzene rings is 2. The molecule has 10 nitrogen and oxygen atoms in total. The second kappa shape index (κ2) is 12.1. The maximum Gasteiger partial charge on any atom is 0.407 e. The average Bonchev–Trinajstić information content (AvgIpc) is 3.38. The van der Waals surface area contributed by atoms with Gasteiger partial charge >= 0.3 is 12.1 Å². The van der Waals surface area contributed by atoms with Crippen LogP contribution >= 0.6 is 0 Å². The van der Waals surface area contributed by atoms with E-state index in [1.54, 1.807) is 49.5 Å². The highest BCUT2D eigenvalue weighted by Crippen LogP contribution is 2.32. The van der Waals surface area contributed by atoms with Gasteiger partial charge in [0.25, 0.3) is 0 Å². The molecular formula is C25H27N5O5. The second-order valence-electron chi connectivity index (χ2n) is 7.65. The maximum absolute atomic E-state index is 12.6. The fraction of sp³-hybridized carbons (Fsp3) is 0.280. The zero-order valence-corrected chi connectivity index (χ0v) is 19.7. The molecule has 3 amide bonds. The van der Waals surface area contributed by atoms with Gasteiger partial charge in [-0.05, 0) is 43.2 Å². The number of alkyl carbamates (subject to hydrolysis) is 1. The number of nitriles is 1. The number of hydrogen-bond donors (Lipinski definition) is 3. The van der Waals surface area contributed by atoms with E-state index in [1.165, 1.54) is 13.5 Å². The molecule has 0 unspecified atom stereocenters. The largest absolute Gasteiger partial charge is 0.496 e. The lowest BCUT2D eigenvalue weighted by Crippen LogP contribution is -2.31. The summed E-state index contributed by atoms with van der Waals surface area (Å²) < 4.78 is 16.0. The highest BCUT2D eigenvalue weighted by molar-refractivity contribution is 6.00. The van der Waals surface area contributed by atoms with Crippen LogP contribution in [0, 0.1) is 11.3 Å². The number of anilines is 2. The SMILES string of the molecule is CC[C@@H](CC#N)OC(=O)N[C@@H](C)c1cccc(NC(=O)Nc2ccc(-c3cnco3)c(OC)c2)c1. The number of hydrogen-bond acceptors (Lipinski definition) is 7. The normalized spacial score (nSPS) is 12.1. The van der Waals surface area contributed by atoms with Crippen molar-refractivity contribution < 1.29 is 23.5 Å². The van der Waals surface area contributed by atoms with Crippen LogP contribution in [0.2, 0.25) is 0 Å². The molecule has 0 radical (unpaired) electrons. The Morgan fingerprint density at radius 2 is 1.94 bits per heavy atom. The molecule has 3 aromatic rings. The van der Waals surface area contributed by atoms with Gasteiger partial charge in [0.1, 0.15) is 11.9 Å². The van der Waals surface area contributed by atoms with Crippen molar-refractivity contribution in [3.8, 4) is 23.1 Å². The molecule has 1 aromatic heterocycles. The molecule has 0 fully saturated rings. The molecule has 2 aromatic carbocycles. The fourth-order valence-electron chi connectivity index (χ4n) is 3.32. The van der Waals surface area contributed by atoms with Gasteiger partial charge in [0.05, 0.1) is 37.4 Å². The first-order valence-corrected chi connectivity index (χ1v) is 11.0. The number of carbonyl (C=O) groups excluding carboxylic acids is 2. The third-order valence-electron chi connectivity index (χ3n) is 5.18. The molecule has 0 aliphatic heterocycles. The van der Waals surface area contributed by atoms with Crippen LogP contribution in [-0.4, -0.2) is 30.3 Å². The van der Waals surface area contributed by atoms with Crippen LogP contribution in [0.3, 0.4) is 0 Å². The molecule has 0 spiro atoms. The Hall–Kier alpha value is -4.52. The van der Waals surface area contributed by atoms with Gasteiger partial charge in [0.15, 0.2) is 12.2 Å². The summed E-state index contributed by atoms with van der Waals surface area (Å²) in [5.74, 6) is 1.07. The van der Waals surface area contributed by atoms with Gasteiger partial charge in [-0.1, -0.05) is 19.1 Å². The van der Waals surface area contributed by atoms with Crippen LogP contribution in [0.15, 0.2) is 59.5 Å². The van der Waals surface area contributed by atoms with Gasteiger partial charge in [-0.25, -0.2) is 14.6 Å². The first kappa shape index (κ1) is 25.1. The van der Waals surface area contributed by atoms with E-state index < -0.39 is 18.2 Å². The zero-order chi connectivity index (χ0) is 25.2. The van der Waals surface area contributed by atoms with Crippen LogP contribution in [0.1, 0.15) is 38.3 Å². The van der Waals surface area contributed by atoms with Crippen molar-refractivity contribution in [2.75, 3.05) is 17.7 Å². The molecule has 0 saturated carbocycles. The van der Waals surface area contributed by atoms with Gasteiger partial charge in [-0.15, -0.1) is 0 Å². The second-order valence-corrected chi connectivity index (χ2v) is 7.65. The van der Waals surface area contributed by atoms with E-state index in [-0.39, 0.29) is 12.5 Å². The summed E-state index contributed by atoms with van der Waals surface area (Å²) in [5.41, 5.74) is 2.55. The van der Waals surface area contributed by atoms with Gasteiger partial charge < -0.3 is 29.8 Å². The number of nitrogens with zero attached hydrogens (tertiary/aromatic N) is 2. The van der Waals surface area contributed by atoms with Crippen LogP contribution < -0.4 is 20.7 Å². The van der Waals surface area contributed by atoms with E-state index in [0.717, 1.165) is 5.56 Å². The van der Waals surface area contributed by atoms with Crippen molar-refractivity contribution in [1.82, 2.24) is 10.3 Å². The van der Waals surface area contributed by atoms with Crippen molar-refractivity contribution in [3.05, 3.63) is 60.6 Å². The minimum atomic E-state index is -0.599. The fourth-order valence-corrected chi connectivity index (χ4v) is 3.32. The molecule has 35 heavy (non-hydrogen) atoms. The number of aromatic nitrogens is 1. The number of urea groups is 1. The first-order chi connectivity index (χ1) is 16.9. The topological polar surface area (TPSA) is 139 Å². The van der Waals surface area contributed by atoms with Crippen molar-refractivity contribution in [1.29, 1.82) is 5.26 Å². The van der Waals surface area contributed by atoms with Gasteiger partial charge in [0.2, 0.25) is 0 Å². The standard InChI is InChI=1S/C25H27N5O5/c1-4-20(10-11-26)35-25(32)28-16(2)17-6-5-7-18(12-17)29-24(31)30-19-8-9-21(22(13-19)33-3)23-14-27-15-34-23/h5-9,12-16,20H,4,10H2,1-3H3,(H,28,32)(H2,29,30,31)/t16-,20-/m0/s1. The molecule has 2 atom stereocenters. The van der Waals surface area contributed by atoms with Crippen molar-refractivity contribution in [2.45, 2.75) is 38.8 Å². The smallest absolute Gasteiger partial charge is 0.407 e. The van der Waals surface area contributed by atoms with E-state index in [9.17, 15) is 9.59 Å². The van der Waals surface area contributed by atoms with E-state index in [2.05, 4.69) is 20.9 Å². The number of rotatable bonds is 9. The molecule has 0 aliphatic carbocycles. The number of amides is 3. The van der Waals surface area contributed by atoms with E-state index in [1.807, 2.05) is 19.1 Å². The molecular weight excluding hydrogens is 450 g/mol. The molecule has 0 aliphatic rings. The maximum atomic E-state index is 12.6. The minimum absolute atomic E-state index is 0.140. The number of oxazole rings is 1. The summed E-state index contributed by atoms with van der Waals surface area (Å²) in [6.45, 7) is 3.65. The van der Waals surface area contributed by atoms with Crippen LogP contribution in [0.4, 0.5) is 21.0 Å². The highest BCUT2D eigenvalue weighted by atomic mass is 16.6. The number of methoxy groups -OCH3 is 1. The lowest BCUT2D eigenvalue weighted by atomic mass is 10.1. The summed E-state index contributed by atoms with van der Waals surface area (Å²) in [4.78, 5) is 28.6. The Labute approximate surface area is 203 Å². The van der Waals surface area contributed by atoms with E-state index >= 15 is 0 Å². The molecule has 3 N–H and O–H groups in total. The van der Waals surface area contributed by atoms with Crippen molar-refractivity contribution >= 4 is 23.5 Å². The molecule has 0 saturated heterocycles. The first-order valence-electron chi connectivity index (χ1n) is 11.0. The highest BCUT2D eigenvalue weighted by Gasteiger charge is 2.16. The lowest BCUT2D eigenvalue weighted by molar-refractivity contribution is 0.0950. The van der Waals surface area contributed by atoms with Gasteiger partial charge in [-0.3, -0.25) is 0 Å². The van der Waals surface area contributed by atoms with Crippen LogP contribution in [-0.2, 0) is 4.74 Å². The Balaban J connectivity index is 1.60. The van der Waals surface area contributed by atoms with Gasteiger partial charge in [0, 0.05) is 17.4 Å². The predicted molar refractivity (Wildman–Crippen MR) is 130 cm³/mol. The number of carbonyl (C=O) groups is 2. The summed E-state index contributed by atoms with van der Waals surface area (Å²) in [6.07, 6.45) is 2.55. The van der Waals surface area contributed by atoms with Crippen molar-refractivity contribution in [3.63, 3.8) is 0 Å². The molecule has 3 rings (SSSR count). The Kier molecular flexibility index (Phi) is 8.67. The molecule has 182 valence electrons. The van der Waals surface area contributed by atoms with E-state index in [0.29, 0.717) is 34.9 Å². The summed E-state index contributed by atoms with van der Waals surface area (Å²) >= 11 is 0. The Morgan fingerprint density at radius 3 is 2.60 bits per heavy atom. The van der Waals surface area contributed by atoms with Crippen LogP contribution in [0.5, 0.6) is 5.75 Å². The monoisotopic (exact) mass is 477 g/mol. The number of ether oxygens (including phenoxy) is 2. The molecule has 10 heteroatoms. The summed E-state index contributed by atoms with van der Waals surface area (Å²) in [6, 6.07) is 13.4. The Bertz CT molecular complexity index is 1190. The van der Waals surface area contributed by atoms with E-state index in [4.69, 9.17) is 19.2 Å². The predicted octanol–water partition coefficient (Wildman–Crippen LogP) is 5.47. The summed E-state index contributed by atoms with van der Waals surface area (Å²) in [5, 5.41) is 17.1. The molecule has 1 heterocycles. The third kappa shape index (κ3) is 6.98. The summed E-state index contributed by atoms with van der Waals surface area (Å²) in [7, 11) is 1.53. The minimum Gasteiger partial charge on any atom is -0.496 e. The third-order valence-corrected chi connectivity index (χ3v) is 5.18. The Morgan fingerprint density at radius 1 is 1.17 bits per heavy atom.